The molecule has 2 saturated heterocycles. The molecule has 2 aliphatic heterocycles. The second kappa shape index (κ2) is 7.12. The van der Waals surface area contributed by atoms with E-state index in [4.69, 9.17) is 4.63 Å². The molecule has 2 unspecified atom stereocenters. The maximum atomic E-state index is 14.0. The quantitative estimate of drug-likeness (QED) is 0.710. The lowest BCUT2D eigenvalue weighted by molar-refractivity contribution is 0.110. The molecule has 0 amide bonds. The smallest absolute Gasteiger partial charge is 0.163 e. The van der Waals surface area contributed by atoms with Gasteiger partial charge in [-0.15, -0.1) is 0 Å². The number of aromatic nitrogens is 2. The highest BCUT2D eigenvalue weighted by molar-refractivity contribution is 5.76. The van der Waals surface area contributed by atoms with Crippen molar-refractivity contribution in [1.29, 1.82) is 0 Å². The van der Waals surface area contributed by atoms with Crippen molar-refractivity contribution in [3.05, 3.63) is 59.2 Å². The highest BCUT2D eigenvalue weighted by atomic mass is 19.2. The van der Waals surface area contributed by atoms with Crippen LogP contribution in [-0.4, -0.2) is 58.0 Å². The van der Waals surface area contributed by atoms with Gasteiger partial charge in [0.15, 0.2) is 11.6 Å². The van der Waals surface area contributed by atoms with Crippen LogP contribution in [0.25, 0.3) is 11.0 Å². The molecule has 1 aromatic heterocycles. The second-order valence-corrected chi connectivity index (χ2v) is 8.32. The standard InChI is InChI=1S/C21H22F2N4O2/c22-17-5-1-3-14(19(17)23)7-26-9-16-10-27(12-21(16,11-26)13-28)8-15-4-2-6-18-20(15)25-29-24-18/h1-6,16,28H,7-13H2. The summed E-state index contributed by atoms with van der Waals surface area (Å²) in [5.74, 6) is -1.32. The Morgan fingerprint density at radius 3 is 2.41 bits per heavy atom. The SMILES string of the molecule is OCC12CN(Cc3cccc(F)c3F)CC1CN(Cc1cccc3nonc13)C2. The largest absolute Gasteiger partial charge is 0.396 e. The minimum Gasteiger partial charge on any atom is -0.396 e. The van der Waals surface area contributed by atoms with E-state index in [9.17, 15) is 13.9 Å². The molecule has 0 aliphatic carbocycles. The molecule has 3 heterocycles. The monoisotopic (exact) mass is 400 g/mol. The summed E-state index contributed by atoms with van der Waals surface area (Å²) in [6.07, 6.45) is 0. The number of hydrogen-bond acceptors (Lipinski definition) is 6. The van der Waals surface area contributed by atoms with Gasteiger partial charge in [0.25, 0.3) is 0 Å². The maximum absolute atomic E-state index is 14.0. The van der Waals surface area contributed by atoms with E-state index in [2.05, 4.69) is 20.1 Å². The van der Waals surface area contributed by atoms with Crippen molar-refractivity contribution in [2.24, 2.45) is 11.3 Å². The fraction of sp³-hybridized carbons (Fsp3) is 0.429. The Hall–Kier alpha value is -2.42. The van der Waals surface area contributed by atoms with Crippen LogP contribution >= 0.6 is 0 Å². The van der Waals surface area contributed by atoms with E-state index in [1.807, 2.05) is 18.2 Å². The summed E-state index contributed by atoms with van der Waals surface area (Å²) in [4.78, 5) is 4.45. The lowest BCUT2D eigenvalue weighted by atomic mass is 9.82. The number of hydrogen-bond donors (Lipinski definition) is 1. The Balaban J connectivity index is 1.29. The Morgan fingerprint density at radius 1 is 1.00 bits per heavy atom. The van der Waals surface area contributed by atoms with E-state index in [0.29, 0.717) is 25.2 Å². The molecule has 0 spiro atoms. The number of fused-ring (bicyclic) bond motifs is 2. The van der Waals surface area contributed by atoms with Gasteiger partial charge >= 0.3 is 0 Å². The Morgan fingerprint density at radius 2 is 1.69 bits per heavy atom. The van der Waals surface area contributed by atoms with Crippen molar-refractivity contribution in [1.82, 2.24) is 20.1 Å². The number of nitrogens with zero attached hydrogens (tertiary/aromatic N) is 4. The van der Waals surface area contributed by atoms with Crippen LogP contribution in [0, 0.1) is 23.0 Å². The van der Waals surface area contributed by atoms with Crippen molar-refractivity contribution in [2.45, 2.75) is 13.1 Å². The maximum Gasteiger partial charge on any atom is 0.163 e. The Bertz CT molecular complexity index is 1040. The Labute approximate surface area is 166 Å². The van der Waals surface area contributed by atoms with Crippen LogP contribution < -0.4 is 0 Å². The summed E-state index contributed by atoms with van der Waals surface area (Å²) in [5.41, 5.74) is 2.67. The number of halogens is 2. The van der Waals surface area contributed by atoms with Gasteiger partial charge in [0.05, 0.1) is 6.61 Å². The Kier molecular flexibility index (Phi) is 4.57. The van der Waals surface area contributed by atoms with E-state index < -0.39 is 11.6 Å². The molecule has 29 heavy (non-hydrogen) atoms. The molecule has 0 saturated carbocycles. The summed E-state index contributed by atoms with van der Waals surface area (Å²) >= 11 is 0. The molecule has 3 aromatic rings. The first-order chi connectivity index (χ1) is 14.1. The van der Waals surface area contributed by atoms with Gasteiger partial charge in [0, 0.05) is 50.2 Å². The van der Waals surface area contributed by atoms with Crippen LogP contribution in [0.2, 0.25) is 0 Å². The van der Waals surface area contributed by atoms with E-state index in [1.165, 1.54) is 6.07 Å². The molecular formula is C21H22F2N4O2. The van der Waals surface area contributed by atoms with Crippen LogP contribution in [0.3, 0.4) is 0 Å². The molecule has 0 radical (unpaired) electrons. The first-order valence-corrected chi connectivity index (χ1v) is 9.76. The molecule has 2 aliphatic rings. The molecule has 6 nitrogen and oxygen atoms in total. The van der Waals surface area contributed by atoms with Crippen LogP contribution in [-0.2, 0) is 13.1 Å². The summed E-state index contributed by atoms with van der Waals surface area (Å²) < 4.78 is 32.4. The fourth-order valence-corrected chi connectivity index (χ4v) is 5.01. The van der Waals surface area contributed by atoms with E-state index in [-0.39, 0.29) is 17.9 Å². The average molecular weight is 400 g/mol. The molecule has 2 atom stereocenters. The summed E-state index contributed by atoms with van der Waals surface area (Å²) in [6, 6.07) is 10.1. The summed E-state index contributed by atoms with van der Waals surface area (Å²) in [7, 11) is 0. The van der Waals surface area contributed by atoms with Crippen LogP contribution in [0.15, 0.2) is 41.0 Å². The normalized spacial score (nSPS) is 25.1. The predicted octanol–water partition coefficient (Wildman–Crippen LogP) is 2.43. The van der Waals surface area contributed by atoms with E-state index in [1.54, 1.807) is 6.07 Å². The van der Waals surface area contributed by atoms with Gasteiger partial charge in [0.2, 0.25) is 0 Å². The lowest BCUT2D eigenvalue weighted by Gasteiger charge is -2.27. The predicted molar refractivity (Wildman–Crippen MR) is 102 cm³/mol. The average Bonchev–Trinajstić information content (AvgIpc) is 3.38. The molecule has 5 rings (SSSR count). The second-order valence-electron chi connectivity index (χ2n) is 8.32. The highest BCUT2D eigenvalue weighted by Crippen LogP contribution is 2.43. The van der Waals surface area contributed by atoms with Crippen molar-refractivity contribution >= 4 is 11.0 Å². The van der Waals surface area contributed by atoms with Gasteiger partial charge in [-0.1, -0.05) is 24.3 Å². The zero-order chi connectivity index (χ0) is 20.0. The van der Waals surface area contributed by atoms with Gasteiger partial charge in [-0.25, -0.2) is 13.4 Å². The number of rotatable bonds is 5. The third-order valence-electron chi connectivity index (χ3n) is 6.40. The van der Waals surface area contributed by atoms with Crippen molar-refractivity contribution < 1.29 is 18.5 Å². The van der Waals surface area contributed by atoms with Crippen molar-refractivity contribution in [3.63, 3.8) is 0 Å². The lowest BCUT2D eigenvalue weighted by Crippen LogP contribution is -2.37. The van der Waals surface area contributed by atoms with Crippen molar-refractivity contribution in [3.8, 4) is 0 Å². The zero-order valence-corrected chi connectivity index (χ0v) is 15.9. The molecule has 2 fully saturated rings. The van der Waals surface area contributed by atoms with Crippen molar-refractivity contribution in [2.75, 3.05) is 32.8 Å². The minimum absolute atomic E-state index is 0.0754. The number of benzene rings is 2. The van der Waals surface area contributed by atoms with Gasteiger partial charge < -0.3 is 5.11 Å². The number of aliphatic hydroxyl groups excluding tert-OH is 1. The molecule has 0 bridgehead atoms. The van der Waals surface area contributed by atoms with Gasteiger partial charge in [-0.2, -0.15) is 0 Å². The molecule has 1 N–H and O–H groups in total. The first-order valence-electron chi connectivity index (χ1n) is 9.76. The van der Waals surface area contributed by atoms with Crippen LogP contribution in [0.5, 0.6) is 0 Å². The molecule has 2 aromatic carbocycles. The van der Waals surface area contributed by atoms with E-state index >= 15 is 0 Å². The van der Waals surface area contributed by atoms with Gasteiger partial charge in [0.1, 0.15) is 11.0 Å². The first kappa shape index (κ1) is 18.6. The minimum atomic E-state index is -0.818. The molecular weight excluding hydrogens is 378 g/mol. The third-order valence-corrected chi connectivity index (χ3v) is 6.40. The number of aliphatic hydroxyl groups is 1. The summed E-state index contributed by atoms with van der Waals surface area (Å²) in [6.45, 7) is 4.14. The third kappa shape index (κ3) is 3.21. The molecule has 152 valence electrons. The van der Waals surface area contributed by atoms with E-state index in [0.717, 1.165) is 42.3 Å². The van der Waals surface area contributed by atoms with Crippen LogP contribution in [0.1, 0.15) is 11.1 Å². The highest BCUT2D eigenvalue weighted by Gasteiger charge is 2.51. The van der Waals surface area contributed by atoms with Gasteiger partial charge in [-0.05, 0) is 33.9 Å². The molecule has 8 heteroatoms. The topological polar surface area (TPSA) is 65.6 Å². The van der Waals surface area contributed by atoms with Gasteiger partial charge in [-0.3, -0.25) is 9.80 Å². The fourth-order valence-electron chi connectivity index (χ4n) is 5.01. The zero-order valence-electron chi connectivity index (χ0n) is 15.9. The number of likely N-dealkylation sites (tertiary alicyclic amines) is 2. The van der Waals surface area contributed by atoms with Crippen LogP contribution in [0.4, 0.5) is 8.78 Å². The summed E-state index contributed by atoms with van der Waals surface area (Å²) in [5, 5.41) is 18.1.